The first-order valence-electron chi connectivity index (χ1n) is 7.58. The number of rotatable bonds is 4. The third-order valence-corrected chi connectivity index (χ3v) is 4.26. The van der Waals surface area contributed by atoms with Crippen LogP contribution in [-0.2, 0) is 4.79 Å². The molecule has 1 saturated heterocycles. The molecule has 3 rings (SSSR count). The van der Waals surface area contributed by atoms with Gasteiger partial charge in [-0.05, 0) is 30.5 Å². The summed E-state index contributed by atoms with van der Waals surface area (Å²) < 4.78 is 0. The molecule has 1 amide bonds. The highest BCUT2D eigenvalue weighted by molar-refractivity contribution is 5.96. The highest BCUT2D eigenvalue weighted by Crippen LogP contribution is 2.30. The van der Waals surface area contributed by atoms with Crippen LogP contribution in [0.25, 0.3) is 10.9 Å². The predicted molar refractivity (Wildman–Crippen MR) is 87.2 cm³/mol. The van der Waals surface area contributed by atoms with Crippen molar-refractivity contribution in [1.29, 1.82) is 0 Å². The van der Waals surface area contributed by atoms with E-state index in [4.69, 9.17) is 0 Å². The lowest BCUT2D eigenvalue weighted by molar-refractivity contribution is -0.383. The van der Waals surface area contributed by atoms with Gasteiger partial charge in [0.05, 0.1) is 16.0 Å². The van der Waals surface area contributed by atoms with Crippen LogP contribution in [0, 0.1) is 16.0 Å². The van der Waals surface area contributed by atoms with Gasteiger partial charge in [0.25, 0.3) is 5.69 Å². The Morgan fingerprint density at radius 2 is 2.30 bits per heavy atom. The Morgan fingerprint density at radius 1 is 1.48 bits per heavy atom. The molecule has 1 aliphatic rings. The monoisotopic (exact) mass is 314 g/mol. The molecule has 0 radical (unpaired) electrons. The molecule has 1 unspecified atom stereocenters. The van der Waals surface area contributed by atoms with Gasteiger partial charge in [-0.1, -0.05) is 0 Å². The van der Waals surface area contributed by atoms with Crippen molar-refractivity contribution in [2.75, 3.05) is 25.0 Å². The molecule has 1 aromatic heterocycles. The molecule has 0 saturated carbocycles. The van der Waals surface area contributed by atoms with Crippen LogP contribution >= 0.6 is 0 Å². The second-order valence-electron chi connectivity index (χ2n) is 5.79. The molecule has 0 spiro atoms. The molecule has 2 aromatic rings. The van der Waals surface area contributed by atoms with Gasteiger partial charge in [0, 0.05) is 38.8 Å². The van der Waals surface area contributed by atoms with Crippen molar-refractivity contribution in [3.63, 3.8) is 0 Å². The number of pyridine rings is 1. The van der Waals surface area contributed by atoms with E-state index in [-0.39, 0.29) is 11.6 Å². The minimum atomic E-state index is -0.393. The number of likely N-dealkylation sites (tertiary alicyclic amines) is 1. The van der Waals surface area contributed by atoms with E-state index in [0.29, 0.717) is 23.4 Å². The van der Waals surface area contributed by atoms with Crippen molar-refractivity contribution >= 4 is 28.2 Å². The van der Waals surface area contributed by atoms with Crippen LogP contribution in [0.1, 0.15) is 13.3 Å². The molecule has 0 bridgehead atoms. The quantitative estimate of drug-likeness (QED) is 0.691. The molecular formula is C16H18N4O3. The summed E-state index contributed by atoms with van der Waals surface area (Å²) in [6.45, 7) is 3.85. The maximum absolute atomic E-state index is 11.4. The number of carbonyl (C=O) groups excluding carboxylic acids is 1. The van der Waals surface area contributed by atoms with Crippen molar-refractivity contribution in [2.24, 2.45) is 5.92 Å². The standard InChI is InChI=1S/C16H18N4O3/c1-11(21)19-8-6-12(10-19)9-18-14-4-5-15(20(22)23)13-3-2-7-17-16(13)14/h2-5,7,12,18H,6,8-10H2,1H3. The topological polar surface area (TPSA) is 88.4 Å². The lowest BCUT2D eigenvalue weighted by Gasteiger charge is -2.15. The van der Waals surface area contributed by atoms with Crippen LogP contribution in [0.15, 0.2) is 30.5 Å². The number of benzene rings is 1. The van der Waals surface area contributed by atoms with Gasteiger partial charge in [0.1, 0.15) is 5.52 Å². The van der Waals surface area contributed by atoms with Crippen molar-refractivity contribution < 1.29 is 9.72 Å². The van der Waals surface area contributed by atoms with Crippen LogP contribution in [0.3, 0.4) is 0 Å². The van der Waals surface area contributed by atoms with E-state index in [0.717, 1.165) is 25.2 Å². The molecule has 0 aliphatic carbocycles. The second-order valence-corrected chi connectivity index (χ2v) is 5.79. The fourth-order valence-electron chi connectivity index (χ4n) is 3.00. The number of carbonyl (C=O) groups is 1. The molecule has 2 heterocycles. The summed E-state index contributed by atoms with van der Waals surface area (Å²) in [4.78, 5) is 28.2. The largest absolute Gasteiger partial charge is 0.383 e. The average Bonchev–Trinajstić information content (AvgIpc) is 3.01. The van der Waals surface area contributed by atoms with Crippen LogP contribution < -0.4 is 5.32 Å². The zero-order valence-electron chi connectivity index (χ0n) is 12.9. The maximum atomic E-state index is 11.4. The number of nitro groups is 1. The summed E-state index contributed by atoms with van der Waals surface area (Å²) in [6, 6.07) is 6.60. The zero-order valence-corrected chi connectivity index (χ0v) is 12.9. The first-order chi connectivity index (χ1) is 11.1. The number of nitro benzene ring substituents is 1. The highest BCUT2D eigenvalue weighted by atomic mass is 16.6. The summed E-state index contributed by atoms with van der Waals surface area (Å²) in [6.07, 6.45) is 2.59. The van der Waals surface area contributed by atoms with E-state index in [1.165, 1.54) is 6.07 Å². The number of hydrogen-bond acceptors (Lipinski definition) is 5. The normalized spacial score (nSPS) is 17.4. The number of hydrogen-bond donors (Lipinski definition) is 1. The van der Waals surface area contributed by atoms with Crippen LogP contribution in [0.4, 0.5) is 11.4 Å². The van der Waals surface area contributed by atoms with E-state index in [1.54, 1.807) is 31.3 Å². The fourth-order valence-corrected chi connectivity index (χ4v) is 3.00. The predicted octanol–water partition coefficient (Wildman–Crippen LogP) is 2.42. The van der Waals surface area contributed by atoms with Gasteiger partial charge < -0.3 is 10.2 Å². The molecule has 7 heteroatoms. The molecule has 1 fully saturated rings. The zero-order chi connectivity index (χ0) is 16.4. The van der Waals surface area contributed by atoms with Gasteiger partial charge >= 0.3 is 0 Å². The molecule has 1 N–H and O–H groups in total. The van der Waals surface area contributed by atoms with Gasteiger partial charge in [-0.3, -0.25) is 19.9 Å². The Hall–Kier alpha value is -2.70. The molecule has 23 heavy (non-hydrogen) atoms. The summed E-state index contributed by atoms with van der Waals surface area (Å²) in [5, 5.41) is 15.0. The van der Waals surface area contributed by atoms with Crippen molar-refractivity contribution in [3.05, 3.63) is 40.6 Å². The number of amides is 1. The van der Waals surface area contributed by atoms with E-state index < -0.39 is 4.92 Å². The van der Waals surface area contributed by atoms with Crippen LogP contribution in [0.2, 0.25) is 0 Å². The highest BCUT2D eigenvalue weighted by Gasteiger charge is 2.24. The average molecular weight is 314 g/mol. The smallest absolute Gasteiger partial charge is 0.278 e. The molecular weight excluding hydrogens is 296 g/mol. The van der Waals surface area contributed by atoms with Gasteiger partial charge in [-0.15, -0.1) is 0 Å². The molecule has 1 aliphatic heterocycles. The van der Waals surface area contributed by atoms with Crippen LogP contribution in [0.5, 0.6) is 0 Å². The van der Waals surface area contributed by atoms with Crippen LogP contribution in [-0.4, -0.2) is 40.3 Å². The molecule has 1 aromatic carbocycles. The fraction of sp³-hybridized carbons (Fsp3) is 0.375. The summed E-state index contributed by atoms with van der Waals surface area (Å²) >= 11 is 0. The van der Waals surface area contributed by atoms with Crippen molar-refractivity contribution in [2.45, 2.75) is 13.3 Å². The molecule has 120 valence electrons. The first kappa shape index (κ1) is 15.2. The number of anilines is 1. The Morgan fingerprint density at radius 3 is 3.00 bits per heavy atom. The summed E-state index contributed by atoms with van der Waals surface area (Å²) in [5.74, 6) is 0.489. The second kappa shape index (κ2) is 6.20. The first-order valence-corrected chi connectivity index (χ1v) is 7.58. The molecule has 1 atom stereocenters. The van der Waals surface area contributed by atoms with E-state index in [9.17, 15) is 14.9 Å². The minimum absolute atomic E-state index is 0.0577. The number of fused-ring (bicyclic) bond motifs is 1. The van der Waals surface area contributed by atoms with Gasteiger partial charge in [0.2, 0.25) is 5.91 Å². The SMILES string of the molecule is CC(=O)N1CCC(CNc2ccc([N+](=O)[O-])c3cccnc23)C1. The Kier molecular flexibility index (Phi) is 4.10. The third kappa shape index (κ3) is 3.08. The van der Waals surface area contributed by atoms with E-state index >= 15 is 0 Å². The van der Waals surface area contributed by atoms with Crippen molar-refractivity contribution in [1.82, 2.24) is 9.88 Å². The minimum Gasteiger partial charge on any atom is -0.383 e. The van der Waals surface area contributed by atoms with Gasteiger partial charge in [-0.25, -0.2) is 0 Å². The van der Waals surface area contributed by atoms with E-state index in [1.807, 2.05) is 4.90 Å². The Bertz CT molecular complexity index is 762. The number of aromatic nitrogens is 1. The Labute approximate surface area is 133 Å². The lowest BCUT2D eigenvalue weighted by atomic mass is 10.1. The number of nitrogens with zero attached hydrogens (tertiary/aromatic N) is 3. The summed E-state index contributed by atoms with van der Waals surface area (Å²) in [7, 11) is 0. The third-order valence-electron chi connectivity index (χ3n) is 4.26. The summed E-state index contributed by atoms with van der Waals surface area (Å²) in [5.41, 5.74) is 1.44. The number of nitrogens with one attached hydrogen (secondary N) is 1. The maximum Gasteiger partial charge on any atom is 0.278 e. The van der Waals surface area contributed by atoms with E-state index in [2.05, 4.69) is 10.3 Å². The lowest BCUT2D eigenvalue weighted by Crippen LogP contribution is -2.27. The number of non-ortho nitro benzene ring substituents is 1. The Balaban J connectivity index is 1.78. The van der Waals surface area contributed by atoms with Crippen molar-refractivity contribution in [3.8, 4) is 0 Å². The van der Waals surface area contributed by atoms with Gasteiger partial charge in [-0.2, -0.15) is 0 Å². The van der Waals surface area contributed by atoms with Gasteiger partial charge in [0.15, 0.2) is 0 Å². The molecule has 7 nitrogen and oxygen atoms in total.